The summed E-state index contributed by atoms with van der Waals surface area (Å²) in [5, 5.41) is 9.85. The fraction of sp³-hybridized carbons (Fsp3) is 0.706. The second-order valence-electron chi connectivity index (χ2n) is 7.11. The molecule has 3 heterocycles. The Balaban J connectivity index is 1.60. The topological polar surface area (TPSA) is 81.3 Å². The summed E-state index contributed by atoms with van der Waals surface area (Å²) in [5.74, 6) is 0.783. The van der Waals surface area contributed by atoms with Crippen LogP contribution in [0.2, 0.25) is 0 Å². The van der Waals surface area contributed by atoms with Gasteiger partial charge in [0.25, 0.3) is 0 Å². The van der Waals surface area contributed by atoms with E-state index in [-0.39, 0.29) is 17.9 Å². The number of carbonyl (C=O) groups is 2. The Morgan fingerprint density at radius 2 is 1.92 bits per heavy atom. The molecule has 2 aliphatic heterocycles. The van der Waals surface area contributed by atoms with Gasteiger partial charge in [0.1, 0.15) is 5.82 Å². The maximum atomic E-state index is 12.6. The van der Waals surface area contributed by atoms with Gasteiger partial charge in [0.05, 0.1) is 12.1 Å². The minimum absolute atomic E-state index is 0.0277. The van der Waals surface area contributed by atoms with Crippen molar-refractivity contribution in [3.8, 4) is 0 Å². The van der Waals surface area contributed by atoms with Crippen LogP contribution in [0.3, 0.4) is 0 Å². The maximum Gasteiger partial charge on any atom is 0.320 e. The summed E-state index contributed by atoms with van der Waals surface area (Å²) in [7, 11) is 0. The molecule has 0 spiro atoms. The van der Waals surface area contributed by atoms with Crippen molar-refractivity contribution < 1.29 is 9.59 Å². The molecular weight excluding hydrogens is 306 g/mol. The first-order valence-electron chi connectivity index (χ1n) is 8.94. The molecule has 7 heteroatoms. The van der Waals surface area contributed by atoms with Gasteiger partial charge in [-0.25, -0.2) is 4.79 Å². The van der Waals surface area contributed by atoms with Crippen LogP contribution in [0.5, 0.6) is 0 Å². The van der Waals surface area contributed by atoms with Gasteiger partial charge >= 0.3 is 6.03 Å². The molecule has 24 heavy (non-hydrogen) atoms. The Labute approximate surface area is 142 Å². The van der Waals surface area contributed by atoms with Crippen LogP contribution in [-0.4, -0.2) is 58.1 Å². The summed E-state index contributed by atoms with van der Waals surface area (Å²) in [6.45, 7) is 7.08. The summed E-state index contributed by atoms with van der Waals surface area (Å²) in [6, 6.07) is 0.0920. The molecule has 0 aliphatic carbocycles. The van der Waals surface area contributed by atoms with Crippen molar-refractivity contribution in [2.24, 2.45) is 5.92 Å². The van der Waals surface area contributed by atoms with Crippen molar-refractivity contribution in [3.05, 3.63) is 11.8 Å². The number of H-pyrrole nitrogens is 1. The van der Waals surface area contributed by atoms with Gasteiger partial charge in [-0.2, -0.15) is 5.10 Å². The Morgan fingerprint density at radius 1 is 1.21 bits per heavy atom. The fourth-order valence-electron chi connectivity index (χ4n) is 3.53. The van der Waals surface area contributed by atoms with Crippen molar-refractivity contribution in [1.29, 1.82) is 0 Å². The third kappa shape index (κ3) is 3.55. The number of likely N-dealkylation sites (tertiary alicyclic amines) is 2. The van der Waals surface area contributed by atoms with Gasteiger partial charge in [0.15, 0.2) is 0 Å². The molecule has 1 atom stereocenters. The summed E-state index contributed by atoms with van der Waals surface area (Å²) in [6.07, 6.45) is 5.62. The Bertz CT molecular complexity index is 592. The first-order chi connectivity index (χ1) is 11.6. The molecule has 3 amide bonds. The highest BCUT2D eigenvalue weighted by molar-refractivity contribution is 5.93. The fourth-order valence-corrected chi connectivity index (χ4v) is 3.53. The largest absolute Gasteiger partial charge is 0.325 e. The normalized spacial score (nSPS) is 21.4. The number of hydrogen-bond acceptors (Lipinski definition) is 3. The number of nitrogens with one attached hydrogen (secondary N) is 2. The van der Waals surface area contributed by atoms with E-state index in [1.165, 1.54) is 0 Å². The Hall–Kier alpha value is -2.05. The van der Waals surface area contributed by atoms with Crippen LogP contribution in [0.25, 0.3) is 0 Å². The maximum absolute atomic E-state index is 12.6. The van der Waals surface area contributed by atoms with E-state index >= 15 is 0 Å². The van der Waals surface area contributed by atoms with Crippen LogP contribution in [0.15, 0.2) is 6.20 Å². The average Bonchev–Trinajstić information content (AvgIpc) is 3.25. The van der Waals surface area contributed by atoms with Gasteiger partial charge in [-0.05, 0) is 31.6 Å². The number of carbonyl (C=O) groups excluding carboxylic acids is 2. The van der Waals surface area contributed by atoms with Crippen LogP contribution in [0, 0.1) is 5.92 Å². The molecule has 2 saturated heterocycles. The number of urea groups is 1. The second kappa shape index (κ2) is 7.23. The summed E-state index contributed by atoms with van der Waals surface area (Å²) >= 11 is 0. The second-order valence-corrected chi connectivity index (χ2v) is 7.11. The molecule has 2 N–H and O–H groups in total. The molecule has 0 radical (unpaired) electrons. The predicted molar refractivity (Wildman–Crippen MR) is 91.8 cm³/mol. The first-order valence-corrected chi connectivity index (χ1v) is 8.94. The molecule has 3 rings (SSSR count). The van der Waals surface area contributed by atoms with Crippen LogP contribution in [0.1, 0.15) is 51.0 Å². The van der Waals surface area contributed by atoms with Crippen LogP contribution in [0.4, 0.5) is 10.6 Å². The molecule has 2 fully saturated rings. The molecular formula is C17H27N5O2. The van der Waals surface area contributed by atoms with Gasteiger partial charge in [0.2, 0.25) is 5.91 Å². The molecule has 2 aliphatic rings. The molecule has 1 aromatic heterocycles. The zero-order valence-corrected chi connectivity index (χ0v) is 14.5. The average molecular weight is 333 g/mol. The molecule has 1 unspecified atom stereocenters. The summed E-state index contributed by atoms with van der Waals surface area (Å²) in [5.41, 5.74) is 1.00. The number of nitrogens with zero attached hydrogens (tertiary/aromatic N) is 3. The van der Waals surface area contributed by atoms with E-state index < -0.39 is 0 Å². The van der Waals surface area contributed by atoms with Gasteiger partial charge in [-0.15, -0.1) is 0 Å². The molecule has 0 saturated carbocycles. The lowest BCUT2D eigenvalue weighted by molar-refractivity contribution is -0.121. The Kier molecular flexibility index (Phi) is 5.06. The number of anilines is 1. The predicted octanol–water partition coefficient (Wildman–Crippen LogP) is 2.40. The minimum Gasteiger partial charge on any atom is -0.325 e. The van der Waals surface area contributed by atoms with E-state index in [1.54, 1.807) is 6.20 Å². The van der Waals surface area contributed by atoms with Crippen LogP contribution < -0.4 is 5.32 Å². The quantitative estimate of drug-likeness (QED) is 0.891. The van der Waals surface area contributed by atoms with Gasteiger partial charge in [0, 0.05) is 31.7 Å². The monoisotopic (exact) mass is 333 g/mol. The molecule has 0 aromatic carbocycles. The SMILES string of the molecule is CC(C)c1cn[nH]c1NC(=O)C1CCCN(C(=O)N2CCCC2)C1. The van der Waals surface area contributed by atoms with Crippen molar-refractivity contribution in [3.63, 3.8) is 0 Å². The zero-order chi connectivity index (χ0) is 17.1. The lowest BCUT2D eigenvalue weighted by Crippen LogP contribution is -2.48. The molecule has 132 valence electrons. The number of aromatic amines is 1. The van der Waals surface area contributed by atoms with Crippen molar-refractivity contribution >= 4 is 17.8 Å². The zero-order valence-electron chi connectivity index (χ0n) is 14.5. The standard InChI is InChI=1S/C17H27N5O2/c1-12(2)14-10-18-20-15(14)19-16(23)13-6-5-9-22(11-13)17(24)21-7-3-4-8-21/h10,12-13H,3-9,11H2,1-2H3,(H2,18,19,20,23). The lowest BCUT2D eigenvalue weighted by atomic mass is 9.97. The van der Waals surface area contributed by atoms with E-state index in [0.29, 0.717) is 18.3 Å². The first kappa shape index (κ1) is 16.8. The van der Waals surface area contributed by atoms with E-state index in [0.717, 1.165) is 50.9 Å². The van der Waals surface area contributed by atoms with Crippen LogP contribution in [-0.2, 0) is 4.79 Å². The minimum atomic E-state index is -0.159. The number of rotatable bonds is 3. The van der Waals surface area contributed by atoms with E-state index in [1.807, 2.05) is 9.80 Å². The van der Waals surface area contributed by atoms with E-state index in [2.05, 4.69) is 29.4 Å². The van der Waals surface area contributed by atoms with Gasteiger partial charge < -0.3 is 15.1 Å². The highest BCUT2D eigenvalue weighted by atomic mass is 16.2. The van der Waals surface area contributed by atoms with Crippen molar-refractivity contribution in [2.75, 3.05) is 31.5 Å². The lowest BCUT2D eigenvalue weighted by Gasteiger charge is -2.34. The molecule has 1 aromatic rings. The van der Waals surface area contributed by atoms with E-state index in [9.17, 15) is 9.59 Å². The smallest absolute Gasteiger partial charge is 0.320 e. The van der Waals surface area contributed by atoms with Crippen molar-refractivity contribution in [1.82, 2.24) is 20.0 Å². The van der Waals surface area contributed by atoms with Gasteiger partial charge in [-0.3, -0.25) is 9.89 Å². The van der Waals surface area contributed by atoms with E-state index in [4.69, 9.17) is 0 Å². The third-order valence-corrected chi connectivity index (χ3v) is 4.98. The molecule has 7 nitrogen and oxygen atoms in total. The van der Waals surface area contributed by atoms with Crippen LogP contribution >= 0.6 is 0 Å². The summed E-state index contributed by atoms with van der Waals surface area (Å²) < 4.78 is 0. The highest BCUT2D eigenvalue weighted by Gasteiger charge is 2.32. The number of piperidine rings is 1. The Morgan fingerprint density at radius 3 is 2.62 bits per heavy atom. The number of hydrogen-bond donors (Lipinski definition) is 2. The third-order valence-electron chi connectivity index (χ3n) is 4.98. The summed E-state index contributed by atoms with van der Waals surface area (Å²) in [4.78, 5) is 28.9. The number of aromatic nitrogens is 2. The van der Waals surface area contributed by atoms with Crippen molar-refractivity contribution in [2.45, 2.75) is 45.4 Å². The highest BCUT2D eigenvalue weighted by Crippen LogP contribution is 2.24. The number of amides is 3. The van der Waals surface area contributed by atoms with Gasteiger partial charge in [-0.1, -0.05) is 13.8 Å². The molecule has 0 bridgehead atoms.